The van der Waals surface area contributed by atoms with E-state index in [0.29, 0.717) is 12.8 Å². The zero-order chi connectivity index (χ0) is 21.1. The summed E-state index contributed by atoms with van der Waals surface area (Å²) in [5, 5.41) is 0. The Morgan fingerprint density at radius 3 is 2.62 bits per heavy atom. The third-order valence-electron chi connectivity index (χ3n) is 7.77. The monoisotopic (exact) mass is 404 g/mol. The maximum absolute atomic E-state index is 13.5. The highest BCUT2D eigenvalue weighted by Crippen LogP contribution is 2.61. The van der Waals surface area contributed by atoms with Crippen molar-refractivity contribution in [3.05, 3.63) is 12.2 Å². The number of carbonyl (C=O) groups is 4. The summed E-state index contributed by atoms with van der Waals surface area (Å²) in [5.74, 6) is -3.44. The summed E-state index contributed by atoms with van der Waals surface area (Å²) in [7, 11) is 0. The second kappa shape index (κ2) is 6.67. The van der Waals surface area contributed by atoms with Gasteiger partial charge in [-0.1, -0.05) is 20.4 Å². The van der Waals surface area contributed by atoms with Crippen LogP contribution in [0.15, 0.2) is 12.2 Å². The van der Waals surface area contributed by atoms with Gasteiger partial charge in [0.25, 0.3) is 0 Å². The molecule has 3 saturated heterocycles. The Morgan fingerprint density at radius 2 is 1.93 bits per heavy atom. The van der Waals surface area contributed by atoms with E-state index < -0.39 is 47.2 Å². The van der Waals surface area contributed by atoms with Crippen LogP contribution in [0.25, 0.3) is 0 Å². The van der Waals surface area contributed by atoms with Gasteiger partial charge in [-0.2, -0.15) is 0 Å². The quantitative estimate of drug-likeness (QED) is 0.376. The van der Waals surface area contributed by atoms with Crippen molar-refractivity contribution in [2.75, 3.05) is 13.2 Å². The van der Waals surface area contributed by atoms with Crippen LogP contribution in [0.1, 0.15) is 46.5 Å². The summed E-state index contributed by atoms with van der Waals surface area (Å²) in [6.07, 6.45) is 1.20. The third kappa shape index (κ3) is 2.92. The highest BCUT2D eigenvalue weighted by atomic mass is 16.6. The number of ketones is 1. The molecule has 0 aromatic rings. The van der Waals surface area contributed by atoms with Crippen molar-refractivity contribution >= 4 is 23.7 Å². The van der Waals surface area contributed by atoms with Crippen molar-refractivity contribution in [3.63, 3.8) is 0 Å². The van der Waals surface area contributed by atoms with Crippen molar-refractivity contribution in [1.29, 1.82) is 0 Å². The Balaban J connectivity index is 1.92. The topological polar surface area (TPSA) is 96.0 Å². The minimum absolute atomic E-state index is 0.00601. The van der Waals surface area contributed by atoms with E-state index in [9.17, 15) is 19.2 Å². The first kappa shape index (κ1) is 20.1. The van der Waals surface area contributed by atoms with Crippen LogP contribution in [0, 0.1) is 34.5 Å². The Labute approximate surface area is 170 Å². The van der Waals surface area contributed by atoms with Gasteiger partial charge in [0.2, 0.25) is 0 Å². The van der Waals surface area contributed by atoms with E-state index in [1.807, 2.05) is 0 Å². The number of rotatable bonds is 1. The summed E-state index contributed by atoms with van der Waals surface area (Å²) < 4.78 is 17.1. The minimum Gasteiger partial charge on any atom is -0.465 e. The molecule has 7 nitrogen and oxygen atoms in total. The Kier molecular flexibility index (Phi) is 4.63. The van der Waals surface area contributed by atoms with Gasteiger partial charge in [-0.25, -0.2) is 4.79 Å². The molecule has 4 bridgehead atoms. The molecular weight excluding hydrogens is 376 g/mol. The fourth-order valence-electron chi connectivity index (χ4n) is 6.36. The van der Waals surface area contributed by atoms with Gasteiger partial charge in [0, 0.05) is 30.8 Å². The average Bonchev–Trinajstić information content (AvgIpc) is 2.64. The van der Waals surface area contributed by atoms with Gasteiger partial charge in [-0.05, 0) is 30.6 Å². The number of ether oxygens (including phenoxy) is 3. The Bertz CT molecular complexity index is 797. The third-order valence-corrected chi connectivity index (χ3v) is 7.77. The molecule has 6 unspecified atom stereocenters. The first-order valence-corrected chi connectivity index (χ1v) is 10.3. The molecule has 7 heteroatoms. The predicted molar refractivity (Wildman–Crippen MR) is 100 cm³/mol. The molecule has 2 aliphatic carbocycles. The van der Waals surface area contributed by atoms with Gasteiger partial charge in [0.15, 0.2) is 0 Å². The Hall–Kier alpha value is -2.18. The molecule has 0 N–H and O–H groups in total. The molecule has 0 amide bonds. The van der Waals surface area contributed by atoms with Crippen molar-refractivity contribution in [3.8, 4) is 0 Å². The van der Waals surface area contributed by atoms with Gasteiger partial charge in [-0.15, -0.1) is 0 Å². The van der Waals surface area contributed by atoms with Crippen molar-refractivity contribution in [2.45, 2.75) is 52.6 Å². The van der Waals surface area contributed by atoms with Crippen LogP contribution in [0.2, 0.25) is 0 Å². The molecule has 0 aromatic carbocycles. The number of Topliss-reactive ketones (excluding diaryl/α,β-unsaturated/α-hetero) is 1. The number of hydrogen-bond acceptors (Lipinski definition) is 7. The van der Waals surface area contributed by atoms with Crippen molar-refractivity contribution in [1.82, 2.24) is 0 Å². The molecular formula is C22H28O7. The van der Waals surface area contributed by atoms with Crippen LogP contribution in [-0.4, -0.2) is 43.0 Å². The molecule has 2 saturated carbocycles. The molecule has 6 atom stereocenters. The van der Waals surface area contributed by atoms with E-state index in [0.717, 1.165) is 6.42 Å². The summed E-state index contributed by atoms with van der Waals surface area (Å²) in [6, 6.07) is 0. The fraction of sp³-hybridized carbons (Fsp3) is 0.727. The SMILES string of the molecule is C=C1C(=O)OCC2C(C)(C)CCC(OC(C)=O)C23COC(=O)C2CC1CC(=O)C23. The first-order valence-electron chi connectivity index (χ1n) is 10.3. The molecule has 1 spiro atoms. The smallest absolute Gasteiger partial charge is 0.333 e. The summed E-state index contributed by atoms with van der Waals surface area (Å²) in [4.78, 5) is 50.7. The van der Waals surface area contributed by atoms with Crippen molar-refractivity contribution < 1.29 is 33.4 Å². The molecule has 3 aliphatic heterocycles. The zero-order valence-corrected chi connectivity index (χ0v) is 17.2. The van der Waals surface area contributed by atoms with Gasteiger partial charge in [-0.3, -0.25) is 14.4 Å². The minimum atomic E-state index is -0.896. The number of hydrogen-bond donors (Lipinski definition) is 0. The van der Waals surface area contributed by atoms with Crippen LogP contribution in [-0.2, 0) is 33.4 Å². The molecule has 5 aliphatic rings. The van der Waals surface area contributed by atoms with Gasteiger partial charge in [0.1, 0.15) is 18.5 Å². The van der Waals surface area contributed by atoms with Crippen molar-refractivity contribution in [2.24, 2.45) is 34.5 Å². The normalized spacial score (nSPS) is 41.1. The lowest BCUT2D eigenvalue weighted by Crippen LogP contribution is -2.68. The number of esters is 3. The standard InChI is InChI=1S/C22H28O7/c1-11-13-7-14-18(15(24)8-13)22(10-28-20(14)26)16(9-27-19(11)25)21(3,4)6-5-17(22)29-12(2)23/h13-14,16-18H,1,5-10H2,2-4H3. The maximum atomic E-state index is 13.5. The Morgan fingerprint density at radius 1 is 1.21 bits per heavy atom. The van der Waals surface area contributed by atoms with Gasteiger partial charge >= 0.3 is 17.9 Å². The lowest BCUT2D eigenvalue weighted by atomic mass is 9.46. The molecule has 5 rings (SSSR count). The lowest BCUT2D eigenvalue weighted by molar-refractivity contribution is -0.236. The van der Waals surface area contributed by atoms with Gasteiger partial charge in [0.05, 0.1) is 17.9 Å². The lowest BCUT2D eigenvalue weighted by Gasteiger charge is -2.61. The van der Waals surface area contributed by atoms with Gasteiger partial charge < -0.3 is 14.2 Å². The number of fused-ring (bicyclic) bond motifs is 4. The molecule has 29 heavy (non-hydrogen) atoms. The van der Waals surface area contributed by atoms with Crippen LogP contribution >= 0.6 is 0 Å². The van der Waals surface area contributed by atoms with E-state index in [2.05, 4.69) is 20.4 Å². The van der Waals surface area contributed by atoms with E-state index in [-0.39, 0.29) is 42.3 Å². The highest BCUT2D eigenvalue weighted by Gasteiger charge is 2.68. The second-order valence-corrected chi connectivity index (χ2v) is 9.71. The maximum Gasteiger partial charge on any atom is 0.333 e. The average molecular weight is 404 g/mol. The number of cyclic esters (lactones) is 1. The highest BCUT2D eigenvalue weighted by molar-refractivity contribution is 5.94. The van der Waals surface area contributed by atoms with Crippen LogP contribution in [0.5, 0.6) is 0 Å². The molecule has 3 heterocycles. The molecule has 0 radical (unpaired) electrons. The van der Waals surface area contributed by atoms with E-state index in [4.69, 9.17) is 14.2 Å². The second-order valence-electron chi connectivity index (χ2n) is 9.71. The molecule has 158 valence electrons. The van der Waals surface area contributed by atoms with Crippen LogP contribution in [0.3, 0.4) is 0 Å². The first-order chi connectivity index (χ1) is 13.6. The fourth-order valence-corrected chi connectivity index (χ4v) is 6.36. The summed E-state index contributed by atoms with van der Waals surface area (Å²) in [5.41, 5.74) is -0.955. The van der Waals surface area contributed by atoms with Crippen LogP contribution < -0.4 is 0 Å². The molecule has 0 aromatic heterocycles. The largest absolute Gasteiger partial charge is 0.465 e. The van der Waals surface area contributed by atoms with E-state index in [1.165, 1.54) is 6.92 Å². The van der Waals surface area contributed by atoms with E-state index >= 15 is 0 Å². The van der Waals surface area contributed by atoms with E-state index in [1.54, 1.807) is 0 Å². The van der Waals surface area contributed by atoms with Crippen LogP contribution in [0.4, 0.5) is 0 Å². The zero-order valence-electron chi connectivity index (χ0n) is 17.2. The summed E-state index contributed by atoms with van der Waals surface area (Å²) in [6.45, 7) is 9.41. The number of carbonyl (C=O) groups excluding carboxylic acids is 4. The molecule has 5 fully saturated rings. The predicted octanol–water partition coefficient (Wildman–Crippen LogP) is 2.22. The summed E-state index contributed by atoms with van der Waals surface area (Å²) >= 11 is 0.